The number of rotatable bonds is 2. The summed E-state index contributed by atoms with van der Waals surface area (Å²) in [5.41, 5.74) is 5.49. The van der Waals surface area contributed by atoms with Crippen LogP contribution >= 0.6 is 0 Å². The minimum Gasteiger partial charge on any atom is -0.358 e. The molecular formula is C19H18N2O2. The van der Waals surface area contributed by atoms with Gasteiger partial charge in [-0.3, -0.25) is 10.1 Å². The second-order valence-electron chi connectivity index (χ2n) is 6.28. The zero-order chi connectivity index (χ0) is 16.0. The number of aryl methyl sites for hydroxylation is 2. The topological polar surface area (TPSA) is 58.9 Å². The molecule has 4 heteroatoms. The molecule has 0 amide bonds. The molecule has 0 spiro atoms. The number of hydrogen-bond acceptors (Lipinski definition) is 2. The van der Waals surface area contributed by atoms with E-state index in [2.05, 4.69) is 23.2 Å². The summed E-state index contributed by atoms with van der Waals surface area (Å²) in [7, 11) is 0. The second-order valence-corrected chi connectivity index (χ2v) is 6.28. The van der Waals surface area contributed by atoms with Crippen LogP contribution in [0, 0.1) is 17.0 Å². The van der Waals surface area contributed by atoms with Crippen LogP contribution in [0.4, 0.5) is 0 Å². The van der Waals surface area contributed by atoms with E-state index in [1.807, 2.05) is 37.3 Å². The van der Waals surface area contributed by atoms with E-state index in [0.29, 0.717) is 6.42 Å². The van der Waals surface area contributed by atoms with Gasteiger partial charge in [0.1, 0.15) is 0 Å². The molecule has 0 radical (unpaired) electrons. The number of fused-ring (bicyclic) bond motifs is 2. The molecule has 4 rings (SSSR count). The Balaban J connectivity index is 1.99. The van der Waals surface area contributed by atoms with Crippen molar-refractivity contribution in [2.24, 2.45) is 0 Å². The van der Waals surface area contributed by atoms with E-state index in [0.717, 1.165) is 34.1 Å². The smallest absolute Gasteiger partial charge is 0.224 e. The Morgan fingerprint density at radius 1 is 1.13 bits per heavy atom. The van der Waals surface area contributed by atoms with Crippen molar-refractivity contribution in [1.29, 1.82) is 0 Å². The molecule has 4 nitrogen and oxygen atoms in total. The SMILES string of the molecule is Cc1[nH]c2ccccc2c1C1c2ccccc2CCC1[N+](=O)[O-]. The Labute approximate surface area is 134 Å². The van der Waals surface area contributed by atoms with Gasteiger partial charge in [-0.25, -0.2) is 0 Å². The zero-order valence-electron chi connectivity index (χ0n) is 13.0. The molecule has 23 heavy (non-hydrogen) atoms. The van der Waals surface area contributed by atoms with Crippen molar-refractivity contribution in [3.63, 3.8) is 0 Å². The van der Waals surface area contributed by atoms with Crippen LogP contribution in [-0.2, 0) is 6.42 Å². The average Bonchev–Trinajstić information content (AvgIpc) is 2.89. The van der Waals surface area contributed by atoms with E-state index in [1.54, 1.807) is 0 Å². The number of para-hydroxylation sites is 1. The van der Waals surface area contributed by atoms with Gasteiger partial charge in [-0.15, -0.1) is 0 Å². The lowest BCUT2D eigenvalue weighted by atomic mass is 9.75. The number of benzene rings is 2. The molecule has 2 aromatic carbocycles. The highest BCUT2D eigenvalue weighted by atomic mass is 16.6. The van der Waals surface area contributed by atoms with Gasteiger partial charge in [0.05, 0.1) is 5.92 Å². The molecule has 2 atom stereocenters. The van der Waals surface area contributed by atoms with Crippen molar-refractivity contribution in [3.8, 4) is 0 Å². The van der Waals surface area contributed by atoms with Crippen LogP contribution in [0.15, 0.2) is 48.5 Å². The summed E-state index contributed by atoms with van der Waals surface area (Å²) in [5, 5.41) is 12.8. The van der Waals surface area contributed by atoms with Crippen LogP contribution in [-0.4, -0.2) is 15.9 Å². The molecule has 1 aliphatic rings. The van der Waals surface area contributed by atoms with Crippen LogP contribution in [0.5, 0.6) is 0 Å². The van der Waals surface area contributed by atoms with Crippen LogP contribution in [0.25, 0.3) is 10.9 Å². The first-order valence-corrected chi connectivity index (χ1v) is 7.95. The second kappa shape index (κ2) is 5.23. The fourth-order valence-corrected chi connectivity index (χ4v) is 4.02. The molecule has 3 aromatic rings. The minimum absolute atomic E-state index is 0.0954. The molecule has 0 fully saturated rings. The van der Waals surface area contributed by atoms with E-state index in [4.69, 9.17) is 0 Å². The first kappa shape index (κ1) is 14.0. The van der Waals surface area contributed by atoms with Crippen LogP contribution in [0.3, 0.4) is 0 Å². The van der Waals surface area contributed by atoms with Crippen molar-refractivity contribution >= 4 is 10.9 Å². The van der Waals surface area contributed by atoms with E-state index in [-0.39, 0.29) is 10.8 Å². The van der Waals surface area contributed by atoms with Gasteiger partial charge in [-0.2, -0.15) is 0 Å². The maximum atomic E-state index is 11.7. The van der Waals surface area contributed by atoms with E-state index in [1.165, 1.54) is 5.56 Å². The highest BCUT2D eigenvalue weighted by Crippen LogP contribution is 2.42. The van der Waals surface area contributed by atoms with Gasteiger partial charge >= 0.3 is 0 Å². The fraction of sp³-hybridized carbons (Fsp3) is 0.263. The monoisotopic (exact) mass is 306 g/mol. The summed E-state index contributed by atoms with van der Waals surface area (Å²) >= 11 is 0. The van der Waals surface area contributed by atoms with E-state index in [9.17, 15) is 10.1 Å². The summed E-state index contributed by atoms with van der Waals surface area (Å²) in [4.78, 5) is 15.0. The lowest BCUT2D eigenvalue weighted by molar-refractivity contribution is -0.526. The first-order valence-electron chi connectivity index (χ1n) is 7.95. The highest BCUT2D eigenvalue weighted by molar-refractivity contribution is 5.86. The molecule has 0 aliphatic heterocycles. The molecular weight excluding hydrogens is 288 g/mol. The summed E-state index contributed by atoms with van der Waals surface area (Å²) in [6.07, 6.45) is 1.37. The molecule has 2 unspecified atom stereocenters. The minimum atomic E-state index is -0.567. The van der Waals surface area contributed by atoms with Crippen molar-refractivity contribution in [2.45, 2.75) is 31.7 Å². The molecule has 116 valence electrons. The number of aromatic nitrogens is 1. The third-order valence-corrected chi connectivity index (χ3v) is 5.01. The molecule has 1 N–H and O–H groups in total. The summed E-state index contributed by atoms with van der Waals surface area (Å²) in [6.45, 7) is 2.02. The quantitative estimate of drug-likeness (QED) is 0.570. The summed E-state index contributed by atoms with van der Waals surface area (Å²) in [5.74, 6) is -0.189. The normalized spacial score (nSPS) is 20.4. The Hall–Kier alpha value is -2.62. The van der Waals surface area contributed by atoms with Gasteiger partial charge in [0, 0.05) is 27.9 Å². The van der Waals surface area contributed by atoms with Gasteiger partial charge in [-0.05, 0) is 36.1 Å². The van der Waals surface area contributed by atoms with Gasteiger partial charge in [0.25, 0.3) is 0 Å². The van der Waals surface area contributed by atoms with Crippen molar-refractivity contribution in [1.82, 2.24) is 4.98 Å². The predicted molar refractivity (Wildman–Crippen MR) is 90.4 cm³/mol. The molecule has 1 aromatic heterocycles. The number of nitrogens with zero attached hydrogens (tertiary/aromatic N) is 1. The van der Waals surface area contributed by atoms with Crippen molar-refractivity contribution < 1.29 is 4.92 Å². The first-order chi connectivity index (χ1) is 11.2. The van der Waals surface area contributed by atoms with Gasteiger partial charge in [0.15, 0.2) is 0 Å². The lowest BCUT2D eigenvalue weighted by Crippen LogP contribution is -2.33. The molecule has 1 aliphatic carbocycles. The van der Waals surface area contributed by atoms with Gasteiger partial charge < -0.3 is 4.98 Å². The largest absolute Gasteiger partial charge is 0.358 e. The third kappa shape index (κ3) is 2.13. The van der Waals surface area contributed by atoms with Gasteiger partial charge in [0.2, 0.25) is 6.04 Å². The van der Waals surface area contributed by atoms with Gasteiger partial charge in [-0.1, -0.05) is 42.5 Å². The summed E-state index contributed by atoms with van der Waals surface area (Å²) < 4.78 is 0. The van der Waals surface area contributed by atoms with Crippen LogP contribution < -0.4 is 0 Å². The predicted octanol–water partition coefficient (Wildman–Crippen LogP) is 4.20. The molecule has 0 bridgehead atoms. The van der Waals surface area contributed by atoms with E-state index < -0.39 is 6.04 Å². The number of nitrogens with one attached hydrogen (secondary N) is 1. The van der Waals surface area contributed by atoms with Crippen molar-refractivity contribution in [2.75, 3.05) is 0 Å². The average molecular weight is 306 g/mol. The van der Waals surface area contributed by atoms with Crippen LogP contribution in [0.2, 0.25) is 0 Å². The Morgan fingerprint density at radius 2 is 1.87 bits per heavy atom. The standard InChI is InChI=1S/C19H18N2O2/c1-12-18(15-8-4-5-9-16(15)20-12)19-14-7-3-2-6-13(14)10-11-17(19)21(22)23/h2-9,17,19-20H,10-11H2,1H3. The molecule has 0 saturated carbocycles. The highest BCUT2D eigenvalue weighted by Gasteiger charge is 2.40. The number of H-pyrrole nitrogens is 1. The Bertz CT molecular complexity index is 897. The number of nitro groups is 1. The van der Waals surface area contributed by atoms with Crippen molar-refractivity contribution in [3.05, 3.63) is 81.0 Å². The molecule has 1 heterocycles. The van der Waals surface area contributed by atoms with Crippen LogP contribution in [0.1, 0.15) is 34.7 Å². The number of aromatic amines is 1. The Kier molecular flexibility index (Phi) is 3.18. The van der Waals surface area contributed by atoms with E-state index >= 15 is 0 Å². The maximum absolute atomic E-state index is 11.7. The maximum Gasteiger partial charge on any atom is 0.224 e. The third-order valence-electron chi connectivity index (χ3n) is 5.01. The number of hydrogen-bond donors (Lipinski definition) is 1. The fourth-order valence-electron chi connectivity index (χ4n) is 4.02. The zero-order valence-corrected chi connectivity index (χ0v) is 13.0. The summed E-state index contributed by atoms with van der Waals surface area (Å²) in [6, 6.07) is 15.7. The molecule has 0 saturated heterocycles. The Morgan fingerprint density at radius 3 is 2.70 bits per heavy atom. The lowest BCUT2D eigenvalue weighted by Gasteiger charge is -2.29.